The zero-order valence-corrected chi connectivity index (χ0v) is 72.2. The number of carbonyl (C=O) groups is 13. The lowest BCUT2D eigenvalue weighted by molar-refractivity contribution is -0.161. The molecule has 0 saturated heterocycles. The van der Waals surface area contributed by atoms with E-state index in [1.54, 1.807) is 83.1 Å². The molecule has 3 aliphatic rings. The van der Waals surface area contributed by atoms with Crippen molar-refractivity contribution in [3.05, 3.63) is 120 Å². The molecule has 2 fully saturated rings. The third-order valence-corrected chi connectivity index (χ3v) is 20.4. The topological polar surface area (TPSA) is 395 Å². The minimum atomic E-state index is -1.68. The van der Waals surface area contributed by atoms with Crippen LogP contribution < -0.4 is 47.9 Å². The molecule has 9 N–H and O–H groups in total. The van der Waals surface area contributed by atoms with Crippen LogP contribution in [0.4, 0.5) is 14.4 Å². The average molecular weight is 1670 g/mol. The van der Waals surface area contributed by atoms with Crippen LogP contribution in [0.3, 0.4) is 0 Å². The lowest BCUT2D eigenvalue weighted by Crippen LogP contribution is -2.53. The molecule has 0 radical (unpaired) electrons. The van der Waals surface area contributed by atoms with Crippen molar-refractivity contribution < 1.29 is 95.5 Å². The van der Waals surface area contributed by atoms with Gasteiger partial charge >= 0.3 is 48.1 Å². The minimum absolute atomic E-state index is 0.0127. The zero-order valence-electron chi connectivity index (χ0n) is 72.2. The van der Waals surface area contributed by atoms with Crippen LogP contribution in [0, 0.1) is 11.8 Å². The minimum Gasteiger partial charge on any atom is -0.461 e. The number of amides is 9. The number of nitrogens with one attached hydrogen (secondary N) is 9. The first-order chi connectivity index (χ1) is 56.8. The molecule has 4 aromatic carbocycles. The fraction of sp³-hybridized carbons (Fsp3) is 0.593. The highest BCUT2D eigenvalue weighted by Crippen LogP contribution is 2.45. The number of rotatable bonds is 39. The van der Waals surface area contributed by atoms with Crippen molar-refractivity contribution >= 4 is 88.4 Å². The summed E-state index contributed by atoms with van der Waals surface area (Å²) in [6.07, 6.45) is 8.28. The highest BCUT2D eigenvalue weighted by molar-refractivity contribution is 5.95. The van der Waals surface area contributed by atoms with Gasteiger partial charge in [0.15, 0.2) is 0 Å². The van der Waals surface area contributed by atoms with Crippen LogP contribution in [-0.4, -0.2) is 175 Å². The van der Waals surface area contributed by atoms with Crippen LogP contribution >= 0.6 is 0 Å². The molecule has 29 heteroatoms. The van der Waals surface area contributed by atoms with E-state index in [-0.39, 0.29) is 88.8 Å². The summed E-state index contributed by atoms with van der Waals surface area (Å²) in [4.78, 5) is 180. The maximum absolute atomic E-state index is 14.5. The number of alkyl carbamates (subject to hydrolysis) is 2. The number of hydrogen-bond donors (Lipinski definition) is 9. The lowest BCUT2D eigenvalue weighted by Gasteiger charge is -2.30. The molecule has 3 aliphatic carbocycles. The Labute approximate surface area is 706 Å². The molecule has 0 heterocycles. The van der Waals surface area contributed by atoms with Crippen molar-refractivity contribution in [2.45, 2.75) is 301 Å². The number of hydrogen-bond acceptors (Lipinski definition) is 20. The monoisotopic (exact) mass is 1670 g/mol. The predicted molar refractivity (Wildman–Crippen MR) is 452 cm³/mol. The number of fused-ring (bicyclic) bond motifs is 4. The summed E-state index contributed by atoms with van der Waals surface area (Å²) in [6, 6.07) is 20.3. The van der Waals surface area contributed by atoms with Gasteiger partial charge in [-0.3, -0.25) is 28.8 Å². The molecule has 9 amide bonds. The Hall–Kier alpha value is -10.6. The van der Waals surface area contributed by atoms with Crippen molar-refractivity contribution in [1.29, 1.82) is 0 Å². The Balaban J connectivity index is 0.981. The number of carbonyl (C=O) groups excluding carboxylic acids is 13. The van der Waals surface area contributed by atoms with Gasteiger partial charge in [0.25, 0.3) is 0 Å². The second-order valence-electron chi connectivity index (χ2n) is 35.4. The Morgan fingerprint density at radius 3 is 1.51 bits per heavy atom. The summed E-state index contributed by atoms with van der Waals surface area (Å²) < 4.78 is 39.2. The molecule has 2 saturated carbocycles. The maximum atomic E-state index is 14.5. The molecule has 0 bridgehead atoms. The van der Waals surface area contributed by atoms with Gasteiger partial charge in [0, 0.05) is 44.3 Å². The second kappa shape index (κ2) is 46.8. The first-order valence-corrected chi connectivity index (χ1v) is 42.5. The van der Waals surface area contributed by atoms with Crippen LogP contribution in [0.25, 0.3) is 21.9 Å². The molecule has 0 spiro atoms. The van der Waals surface area contributed by atoms with E-state index in [4.69, 9.17) is 33.2 Å². The third-order valence-electron chi connectivity index (χ3n) is 20.4. The third kappa shape index (κ3) is 34.6. The molecule has 6 unspecified atom stereocenters. The van der Waals surface area contributed by atoms with Crippen LogP contribution in [0.15, 0.2) is 104 Å². The molecule has 4 aromatic rings. The molecular formula is C91H129N9O20. The first kappa shape index (κ1) is 96.5. The smallest absolute Gasteiger partial charge is 0.407 e. The summed E-state index contributed by atoms with van der Waals surface area (Å²) in [7, 11) is 0. The van der Waals surface area contributed by atoms with E-state index in [2.05, 4.69) is 54.4 Å². The molecule has 7 rings (SSSR count). The molecule has 658 valence electrons. The van der Waals surface area contributed by atoms with Crippen LogP contribution in [0.5, 0.6) is 0 Å². The largest absolute Gasteiger partial charge is 0.461 e. The molecule has 29 nitrogen and oxygen atoms in total. The van der Waals surface area contributed by atoms with E-state index in [1.807, 2.05) is 91.0 Å². The summed E-state index contributed by atoms with van der Waals surface area (Å²) in [5, 5.41) is 26.7. The van der Waals surface area contributed by atoms with E-state index in [0.29, 0.717) is 64.2 Å². The molecule has 120 heavy (non-hydrogen) atoms. The van der Waals surface area contributed by atoms with Gasteiger partial charge in [0.05, 0.1) is 12.8 Å². The van der Waals surface area contributed by atoms with Crippen molar-refractivity contribution in [3.8, 4) is 11.1 Å². The maximum Gasteiger partial charge on any atom is 0.407 e. The Bertz CT molecular complexity index is 4090. The van der Waals surface area contributed by atoms with Crippen molar-refractivity contribution in [2.24, 2.45) is 11.8 Å². The summed E-state index contributed by atoms with van der Waals surface area (Å²) in [5.74, 6) is -8.06. The summed E-state index contributed by atoms with van der Waals surface area (Å²) >= 11 is 0. The summed E-state index contributed by atoms with van der Waals surface area (Å²) in [5.41, 5.74) is 0.788. The predicted octanol–water partition coefficient (Wildman–Crippen LogP) is 12.0. The van der Waals surface area contributed by atoms with Gasteiger partial charge in [0.2, 0.25) is 29.5 Å². The summed E-state index contributed by atoms with van der Waals surface area (Å²) in [6.45, 7) is 23.7. The average Bonchev–Trinajstić information content (AvgIpc) is 1.64. The molecule has 0 aliphatic heterocycles. The van der Waals surface area contributed by atoms with E-state index in [9.17, 15) is 62.3 Å². The van der Waals surface area contributed by atoms with Gasteiger partial charge in [-0.05, 0) is 224 Å². The standard InChI is InChI=1S/C91H129N9O20/c1-14-51-114-86(112)93-50-30-27-39-69(95-75(101)54-73(83(109)119-90(8,9)10)96-76(102)55-74(84(110)120-91(11,12)13)100-87(113)115-57-68-66-37-25-23-35-64(66)65-36-24-26-38-67(65)68)79(105)94-56-58-41-45-61(46-42-58)78(104)97-72(53-59-43-44-60-31-21-22-32-62(60)52-59)80(106)92-49-29-28-40-70(81(107)116-63-33-19-17-15-16-18-20-34-63)98-85(111)99-71(82(108)118-89(5,6)7)47-48-77(103)117-88(2,3)4/h14,21-26,31-32,35-38,43-44,52,58,61,63,68-74H,1,15-20,27-30,33-34,39-42,45-51,53-57H2,2-13H3,(H,92,106)(H,93,112)(H,94,105)(H,95,101)(H,96,102)(H,97,104)(H,100,113)(H2,98,99,111). The van der Waals surface area contributed by atoms with Crippen molar-refractivity contribution in [3.63, 3.8) is 0 Å². The first-order valence-electron chi connectivity index (χ1n) is 42.5. The van der Waals surface area contributed by atoms with Crippen molar-refractivity contribution in [2.75, 3.05) is 32.8 Å². The van der Waals surface area contributed by atoms with E-state index in [0.717, 1.165) is 77.1 Å². The van der Waals surface area contributed by atoms with Gasteiger partial charge in [0.1, 0.15) is 78.0 Å². The number of ether oxygens (including phenoxy) is 7. The molecular weight excluding hydrogens is 1540 g/mol. The normalized spacial score (nSPS) is 16.7. The fourth-order valence-electron chi connectivity index (χ4n) is 14.7. The van der Waals surface area contributed by atoms with Gasteiger partial charge in [-0.1, -0.05) is 129 Å². The Morgan fingerprint density at radius 2 is 0.942 bits per heavy atom. The van der Waals surface area contributed by atoms with Gasteiger partial charge in [-0.25, -0.2) is 33.6 Å². The highest BCUT2D eigenvalue weighted by atomic mass is 16.6. The molecule has 0 aromatic heterocycles. The molecule has 6 atom stereocenters. The van der Waals surface area contributed by atoms with Crippen LogP contribution in [0.1, 0.15) is 247 Å². The van der Waals surface area contributed by atoms with Gasteiger partial charge < -0.3 is 81.0 Å². The second-order valence-corrected chi connectivity index (χ2v) is 35.4. The number of unbranched alkanes of at least 4 members (excludes halogenated alkanes) is 2. The number of esters is 5. The van der Waals surface area contributed by atoms with E-state index >= 15 is 0 Å². The van der Waals surface area contributed by atoms with Gasteiger partial charge in [-0.2, -0.15) is 0 Å². The van der Waals surface area contributed by atoms with E-state index in [1.165, 1.54) is 6.08 Å². The quantitative estimate of drug-likeness (QED) is 0.00867. The lowest BCUT2D eigenvalue weighted by atomic mass is 9.81. The SMILES string of the molecule is C=CCOC(=O)NCCCCC(NC(=O)CC(NC(=O)CC(NC(=O)OCC1c2ccccc2-c2ccccc21)C(=O)OC(C)(C)C)C(=O)OC(C)(C)C)C(=O)NCC1CCC(C(=O)NC(Cc2ccc3ccccc3c2)C(=O)NCCCCC(NC(=O)NC(CCC(=O)OC(C)(C)C)C(=O)OC(C)(C)C)C(=O)OC2CCCCCCCC2)CC1. The van der Waals surface area contributed by atoms with Gasteiger partial charge in [-0.15, -0.1) is 0 Å². The fourth-order valence-corrected chi connectivity index (χ4v) is 14.7. The number of benzene rings is 4. The van der Waals surface area contributed by atoms with Crippen LogP contribution in [-0.2, 0) is 87.5 Å². The highest BCUT2D eigenvalue weighted by Gasteiger charge is 2.38. The van der Waals surface area contributed by atoms with E-state index < -0.39 is 149 Å². The Kier molecular flexibility index (Phi) is 37.7. The Morgan fingerprint density at radius 1 is 0.450 bits per heavy atom. The van der Waals surface area contributed by atoms with Crippen LogP contribution in [0.2, 0.25) is 0 Å². The zero-order chi connectivity index (χ0) is 87.7. The van der Waals surface area contributed by atoms with Crippen molar-refractivity contribution in [1.82, 2.24) is 47.9 Å². The number of urea groups is 1.